The number of hydrogen-bond acceptors (Lipinski definition) is 3. The maximum absolute atomic E-state index is 12.3. The number of nitrogens with zero attached hydrogens (tertiary/aromatic N) is 1. The zero-order chi connectivity index (χ0) is 15.8. The normalized spacial score (nSPS) is 28.4. The van der Waals surface area contributed by atoms with Crippen LogP contribution in [0.25, 0.3) is 0 Å². The standard InChI is InChI=1S/C18H25N3O2/c22-16-11-12-3-1-2-4-15(12)17(16)20-18(23)19-13-7-9-21(10-8-13)14-5-6-14/h1-4,13-14,16-17,22H,5-11H2,(H2,19,20,23). The summed E-state index contributed by atoms with van der Waals surface area (Å²) in [6.45, 7) is 2.18. The summed E-state index contributed by atoms with van der Waals surface area (Å²) in [6, 6.07) is 8.55. The van der Waals surface area contributed by atoms with Crippen LogP contribution in [0, 0.1) is 0 Å². The van der Waals surface area contributed by atoms with Crippen LogP contribution in [0.5, 0.6) is 0 Å². The van der Waals surface area contributed by atoms with E-state index in [1.165, 1.54) is 12.8 Å². The van der Waals surface area contributed by atoms with Crippen molar-refractivity contribution >= 4 is 6.03 Å². The maximum atomic E-state index is 12.3. The highest BCUT2D eigenvalue weighted by atomic mass is 16.3. The number of hydrogen-bond donors (Lipinski definition) is 3. The van der Waals surface area contributed by atoms with Gasteiger partial charge in [-0.15, -0.1) is 0 Å². The Morgan fingerprint density at radius 3 is 2.57 bits per heavy atom. The van der Waals surface area contributed by atoms with Crippen LogP contribution in [0.2, 0.25) is 0 Å². The first-order chi connectivity index (χ1) is 11.2. The number of likely N-dealkylation sites (tertiary alicyclic amines) is 1. The summed E-state index contributed by atoms with van der Waals surface area (Å²) in [6.07, 6.45) is 4.81. The fraction of sp³-hybridized carbons (Fsp3) is 0.611. The van der Waals surface area contributed by atoms with E-state index in [0.717, 1.165) is 43.1 Å². The first-order valence-electron chi connectivity index (χ1n) is 8.77. The molecule has 0 spiro atoms. The van der Waals surface area contributed by atoms with Crippen molar-refractivity contribution in [3.8, 4) is 0 Å². The van der Waals surface area contributed by atoms with Gasteiger partial charge in [-0.05, 0) is 36.8 Å². The Bertz CT molecular complexity index is 579. The van der Waals surface area contributed by atoms with E-state index in [-0.39, 0.29) is 18.1 Å². The number of aliphatic hydroxyl groups is 1. The molecule has 23 heavy (non-hydrogen) atoms. The maximum Gasteiger partial charge on any atom is 0.315 e. The highest BCUT2D eigenvalue weighted by Gasteiger charge is 2.34. The van der Waals surface area contributed by atoms with E-state index in [2.05, 4.69) is 15.5 Å². The minimum atomic E-state index is -0.533. The molecular weight excluding hydrogens is 290 g/mol. The number of aliphatic hydroxyl groups excluding tert-OH is 1. The largest absolute Gasteiger partial charge is 0.390 e. The monoisotopic (exact) mass is 315 g/mol. The lowest BCUT2D eigenvalue weighted by Crippen LogP contribution is -2.49. The van der Waals surface area contributed by atoms with Crippen LogP contribution >= 0.6 is 0 Å². The molecule has 1 aromatic carbocycles. The molecule has 5 nitrogen and oxygen atoms in total. The van der Waals surface area contributed by atoms with E-state index in [0.29, 0.717) is 6.42 Å². The minimum Gasteiger partial charge on any atom is -0.390 e. The molecule has 3 N–H and O–H groups in total. The Morgan fingerprint density at radius 2 is 1.83 bits per heavy atom. The van der Waals surface area contributed by atoms with Crippen LogP contribution in [0.4, 0.5) is 4.79 Å². The predicted molar refractivity (Wildman–Crippen MR) is 88.2 cm³/mol. The number of piperidine rings is 1. The Morgan fingerprint density at radius 1 is 1.09 bits per heavy atom. The van der Waals surface area contributed by atoms with Crippen LogP contribution in [0.15, 0.2) is 24.3 Å². The molecule has 2 atom stereocenters. The average Bonchev–Trinajstić information content (AvgIpc) is 3.34. The van der Waals surface area contributed by atoms with Crippen molar-refractivity contribution in [2.75, 3.05) is 13.1 Å². The van der Waals surface area contributed by atoms with E-state index in [1.807, 2.05) is 24.3 Å². The van der Waals surface area contributed by atoms with Crippen molar-refractivity contribution in [2.24, 2.45) is 0 Å². The fourth-order valence-electron chi connectivity index (χ4n) is 3.96. The highest BCUT2D eigenvalue weighted by Crippen LogP contribution is 2.31. The summed E-state index contributed by atoms with van der Waals surface area (Å²) in [7, 11) is 0. The van der Waals surface area contributed by atoms with Crippen molar-refractivity contribution < 1.29 is 9.90 Å². The third-order valence-corrected chi connectivity index (χ3v) is 5.42. The van der Waals surface area contributed by atoms with Gasteiger partial charge in [0, 0.05) is 31.6 Å². The van der Waals surface area contributed by atoms with Gasteiger partial charge in [0.1, 0.15) is 0 Å². The third-order valence-electron chi connectivity index (χ3n) is 5.42. The number of nitrogens with one attached hydrogen (secondary N) is 2. The van der Waals surface area contributed by atoms with Gasteiger partial charge in [-0.25, -0.2) is 4.79 Å². The van der Waals surface area contributed by atoms with Gasteiger partial charge >= 0.3 is 6.03 Å². The van der Waals surface area contributed by atoms with Crippen molar-refractivity contribution in [1.82, 2.24) is 15.5 Å². The molecule has 1 heterocycles. The lowest BCUT2D eigenvalue weighted by molar-refractivity contribution is 0.140. The second-order valence-corrected chi connectivity index (χ2v) is 7.11. The Hall–Kier alpha value is -1.59. The first kappa shape index (κ1) is 15.0. The van der Waals surface area contributed by atoms with Gasteiger partial charge in [-0.3, -0.25) is 0 Å². The van der Waals surface area contributed by atoms with Crippen LogP contribution < -0.4 is 10.6 Å². The zero-order valence-corrected chi connectivity index (χ0v) is 13.4. The number of benzene rings is 1. The van der Waals surface area contributed by atoms with E-state index in [9.17, 15) is 9.90 Å². The minimum absolute atomic E-state index is 0.157. The van der Waals surface area contributed by atoms with E-state index in [1.54, 1.807) is 0 Å². The van der Waals surface area contributed by atoms with Crippen molar-refractivity contribution in [3.63, 3.8) is 0 Å². The van der Waals surface area contributed by atoms with Crippen molar-refractivity contribution in [2.45, 2.75) is 56.3 Å². The van der Waals surface area contributed by atoms with Crippen LogP contribution in [0.3, 0.4) is 0 Å². The molecule has 1 aromatic rings. The average molecular weight is 315 g/mol. The topological polar surface area (TPSA) is 64.6 Å². The molecule has 0 bridgehead atoms. The number of amides is 2. The molecule has 2 amide bonds. The lowest BCUT2D eigenvalue weighted by Gasteiger charge is -2.32. The van der Waals surface area contributed by atoms with Crippen LogP contribution in [-0.2, 0) is 6.42 Å². The van der Waals surface area contributed by atoms with E-state index >= 15 is 0 Å². The number of carbonyl (C=O) groups is 1. The van der Waals surface area contributed by atoms with Crippen molar-refractivity contribution in [1.29, 1.82) is 0 Å². The van der Waals surface area contributed by atoms with Gasteiger partial charge in [-0.2, -0.15) is 0 Å². The summed E-state index contributed by atoms with van der Waals surface area (Å²) in [5.74, 6) is 0. The number of carbonyl (C=O) groups excluding carboxylic acids is 1. The highest BCUT2D eigenvalue weighted by molar-refractivity contribution is 5.75. The second kappa shape index (κ2) is 6.13. The molecule has 3 aliphatic rings. The van der Waals surface area contributed by atoms with Gasteiger partial charge in [0.25, 0.3) is 0 Å². The fourth-order valence-corrected chi connectivity index (χ4v) is 3.96. The SMILES string of the molecule is O=C(NC1CCN(C2CC2)CC1)NC1c2ccccc2CC1O. The Kier molecular flexibility index (Phi) is 3.99. The summed E-state index contributed by atoms with van der Waals surface area (Å²) >= 11 is 0. The molecule has 2 fully saturated rings. The molecule has 0 aromatic heterocycles. The Balaban J connectivity index is 1.30. The lowest BCUT2D eigenvalue weighted by atomic mass is 10.0. The third kappa shape index (κ3) is 3.21. The Labute approximate surface area is 137 Å². The molecule has 1 saturated heterocycles. The first-order valence-corrected chi connectivity index (χ1v) is 8.77. The predicted octanol–water partition coefficient (Wildman–Crippen LogP) is 1.57. The molecular formula is C18H25N3O2. The number of fused-ring (bicyclic) bond motifs is 1. The number of rotatable bonds is 3. The van der Waals surface area contributed by atoms with E-state index in [4.69, 9.17) is 0 Å². The quantitative estimate of drug-likeness (QED) is 0.793. The smallest absolute Gasteiger partial charge is 0.315 e. The van der Waals surface area contributed by atoms with Gasteiger partial charge in [0.15, 0.2) is 0 Å². The van der Waals surface area contributed by atoms with Crippen LogP contribution in [0.1, 0.15) is 42.9 Å². The summed E-state index contributed by atoms with van der Waals surface area (Å²) in [4.78, 5) is 14.9. The number of urea groups is 1. The van der Waals surface area contributed by atoms with Crippen LogP contribution in [-0.4, -0.2) is 47.3 Å². The molecule has 2 aliphatic carbocycles. The van der Waals surface area contributed by atoms with Gasteiger partial charge in [-0.1, -0.05) is 24.3 Å². The summed E-state index contributed by atoms with van der Waals surface area (Å²) in [5.41, 5.74) is 2.17. The zero-order valence-electron chi connectivity index (χ0n) is 13.4. The van der Waals surface area contributed by atoms with Crippen molar-refractivity contribution in [3.05, 3.63) is 35.4 Å². The molecule has 124 valence electrons. The summed E-state index contributed by atoms with van der Waals surface area (Å²) in [5, 5.41) is 16.3. The van der Waals surface area contributed by atoms with Gasteiger partial charge in [0.2, 0.25) is 0 Å². The molecule has 2 unspecified atom stereocenters. The van der Waals surface area contributed by atoms with Gasteiger partial charge in [0.05, 0.1) is 12.1 Å². The molecule has 0 radical (unpaired) electrons. The van der Waals surface area contributed by atoms with E-state index < -0.39 is 6.10 Å². The second-order valence-electron chi connectivity index (χ2n) is 7.11. The molecule has 1 aliphatic heterocycles. The molecule has 4 rings (SSSR count). The van der Waals surface area contributed by atoms with Gasteiger partial charge < -0.3 is 20.6 Å². The molecule has 1 saturated carbocycles. The molecule has 5 heteroatoms. The summed E-state index contributed by atoms with van der Waals surface area (Å²) < 4.78 is 0.